The molecule has 0 aromatic heterocycles. The first-order valence-electron chi connectivity index (χ1n) is 10.6. The van der Waals surface area contributed by atoms with Crippen LogP contribution in [0.25, 0.3) is 0 Å². The van der Waals surface area contributed by atoms with E-state index in [-0.39, 0.29) is 22.0 Å². The van der Waals surface area contributed by atoms with Crippen LogP contribution in [0.5, 0.6) is 0 Å². The van der Waals surface area contributed by atoms with Crippen molar-refractivity contribution >= 4 is 39.2 Å². The zero-order valence-corrected chi connectivity index (χ0v) is 20.2. The molecule has 0 radical (unpaired) electrons. The molecule has 1 aliphatic heterocycles. The Morgan fingerprint density at radius 3 is 2.38 bits per heavy atom. The summed E-state index contributed by atoms with van der Waals surface area (Å²) in [4.78, 5) is 26.9. The van der Waals surface area contributed by atoms with E-state index in [9.17, 15) is 18.0 Å². The first kappa shape index (κ1) is 23.8. The first-order valence-corrected chi connectivity index (χ1v) is 12.4. The van der Waals surface area contributed by atoms with Gasteiger partial charge in [0, 0.05) is 26.2 Å². The van der Waals surface area contributed by atoms with Crippen LogP contribution >= 0.6 is 11.6 Å². The highest BCUT2D eigenvalue weighted by molar-refractivity contribution is 7.93. The van der Waals surface area contributed by atoms with E-state index in [1.807, 2.05) is 12.1 Å². The second-order valence-corrected chi connectivity index (χ2v) is 10.3. The van der Waals surface area contributed by atoms with Gasteiger partial charge in [0.2, 0.25) is 6.10 Å². The zero-order chi connectivity index (χ0) is 24.5. The Morgan fingerprint density at radius 1 is 1.00 bits per heavy atom. The van der Waals surface area contributed by atoms with Crippen LogP contribution in [0.1, 0.15) is 27.6 Å². The summed E-state index contributed by atoms with van der Waals surface area (Å²) in [5, 5.41) is -0.00934. The van der Waals surface area contributed by atoms with Crippen LogP contribution in [-0.2, 0) is 26.0 Å². The lowest BCUT2D eigenvalue weighted by Gasteiger charge is -2.22. The molecule has 9 heteroatoms. The number of halogens is 1. The van der Waals surface area contributed by atoms with E-state index in [1.165, 1.54) is 27.4 Å². The predicted octanol–water partition coefficient (Wildman–Crippen LogP) is 4.08. The second kappa shape index (κ2) is 9.48. The van der Waals surface area contributed by atoms with Crippen molar-refractivity contribution in [3.8, 4) is 0 Å². The van der Waals surface area contributed by atoms with E-state index in [1.54, 1.807) is 56.6 Å². The van der Waals surface area contributed by atoms with Crippen LogP contribution in [-0.4, -0.2) is 45.8 Å². The third-order valence-corrected chi connectivity index (χ3v) is 7.87. The maximum absolute atomic E-state index is 13.5. The average Bonchev–Trinajstić information content (AvgIpc) is 3.28. The molecule has 0 fully saturated rings. The van der Waals surface area contributed by atoms with Crippen molar-refractivity contribution in [2.75, 3.05) is 24.9 Å². The van der Waals surface area contributed by atoms with Gasteiger partial charge >= 0.3 is 5.97 Å². The number of rotatable bonds is 6. The Labute approximate surface area is 203 Å². The first-order chi connectivity index (χ1) is 16.2. The van der Waals surface area contributed by atoms with E-state index in [2.05, 4.69) is 0 Å². The number of hydrogen-bond acceptors (Lipinski definition) is 5. The molecule has 7 nitrogen and oxygen atoms in total. The number of anilines is 1. The molecular formula is C25H23ClN2O5S. The fourth-order valence-electron chi connectivity index (χ4n) is 3.80. The lowest BCUT2D eigenvalue weighted by Crippen LogP contribution is -2.31. The molecule has 0 N–H and O–H groups in total. The minimum absolute atomic E-state index is 0.00934. The molecule has 0 aliphatic carbocycles. The maximum atomic E-state index is 13.5. The van der Waals surface area contributed by atoms with Gasteiger partial charge in [0.05, 0.1) is 16.3 Å². The number of fused-ring (bicyclic) bond motifs is 1. The van der Waals surface area contributed by atoms with Gasteiger partial charge in [0.1, 0.15) is 4.90 Å². The number of nitrogens with zero attached hydrogens (tertiary/aromatic N) is 2. The van der Waals surface area contributed by atoms with Crippen LogP contribution < -0.4 is 4.31 Å². The average molecular weight is 499 g/mol. The van der Waals surface area contributed by atoms with Crippen molar-refractivity contribution in [2.45, 2.75) is 17.4 Å². The van der Waals surface area contributed by atoms with E-state index in [4.69, 9.17) is 16.3 Å². The standard InChI is InChI=1S/C25H23ClN2O5S/c1-27(2)24(29)23(18-9-4-3-5-10-18)33-25(30)19-12-13-20(26)22(16-19)34(31,32)28-15-14-17-8-6-7-11-21(17)28/h3-13,16,23H,14-15H2,1-2H3. The molecule has 1 unspecified atom stereocenters. The highest BCUT2D eigenvalue weighted by Crippen LogP contribution is 2.35. The van der Waals surface area contributed by atoms with Crippen molar-refractivity contribution < 1.29 is 22.7 Å². The summed E-state index contributed by atoms with van der Waals surface area (Å²) in [7, 11) is -0.906. The molecule has 0 saturated heterocycles. The molecule has 1 atom stereocenters. The third-order valence-electron chi connectivity index (χ3n) is 5.57. The SMILES string of the molecule is CN(C)C(=O)C(OC(=O)c1ccc(Cl)c(S(=O)(=O)N2CCc3ccccc32)c1)c1ccccc1. The molecule has 176 valence electrons. The van der Waals surface area contributed by atoms with Gasteiger partial charge < -0.3 is 9.64 Å². The van der Waals surface area contributed by atoms with Crippen LogP contribution in [0.4, 0.5) is 5.69 Å². The van der Waals surface area contributed by atoms with Crippen molar-refractivity contribution in [3.63, 3.8) is 0 Å². The summed E-state index contributed by atoms with van der Waals surface area (Å²) >= 11 is 6.27. The van der Waals surface area contributed by atoms with E-state index in [0.717, 1.165) is 5.56 Å². The highest BCUT2D eigenvalue weighted by Gasteiger charge is 2.33. The summed E-state index contributed by atoms with van der Waals surface area (Å²) in [5.74, 6) is -1.26. The zero-order valence-electron chi connectivity index (χ0n) is 18.6. The third kappa shape index (κ3) is 4.51. The van der Waals surface area contributed by atoms with Gasteiger partial charge in [-0.05, 0) is 36.2 Å². The lowest BCUT2D eigenvalue weighted by molar-refractivity contribution is -0.138. The van der Waals surface area contributed by atoms with Crippen molar-refractivity contribution in [1.82, 2.24) is 4.90 Å². The fraction of sp³-hybridized carbons (Fsp3) is 0.200. The van der Waals surface area contributed by atoms with Crippen LogP contribution in [0, 0.1) is 0 Å². The lowest BCUT2D eigenvalue weighted by atomic mass is 10.1. The molecule has 1 heterocycles. The van der Waals surface area contributed by atoms with E-state index < -0.39 is 28.0 Å². The van der Waals surface area contributed by atoms with Gasteiger partial charge in [0.15, 0.2) is 0 Å². The van der Waals surface area contributed by atoms with Gasteiger partial charge in [-0.2, -0.15) is 0 Å². The number of likely N-dealkylation sites (N-methyl/N-ethyl adjacent to an activating group) is 1. The topological polar surface area (TPSA) is 84.0 Å². The molecule has 0 bridgehead atoms. The summed E-state index contributed by atoms with van der Waals surface area (Å²) in [6.45, 7) is 0.278. The van der Waals surface area contributed by atoms with E-state index in [0.29, 0.717) is 17.7 Å². The Morgan fingerprint density at radius 2 is 1.68 bits per heavy atom. The van der Waals surface area contributed by atoms with Gasteiger partial charge in [0.25, 0.3) is 15.9 Å². The molecule has 0 saturated carbocycles. The number of sulfonamides is 1. The van der Waals surface area contributed by atoms with Gasteiger partial charge in [-0.3, -0.25) is 9.10 Å². The van der Waals surface area contributed by atoms with Crippen molar-refractivity contribution in [3.05, 3.63) is 94.5 Å². The Bertz CT molecular complexity index is 1340. The quantitative estimate of drug-likeness (QED) is 0.478. The molecule has 34 heavy (non-hydrogen) atoms. The molecule has 0 spiro atoms. The normalized spacial score (nSPS) is 13.8. The number of benzene rings is 3. The molecular weight excluding hydrogens is 476 g/mol. The van der Waals surface area contributed by atoms with Gasteiger partial charge in [-0.1, -0.05) is 60.1 Å². The monoisotopic (exact) mass is 498 g/mol. The summed E-state index contributed by atoms with van der Waals surface area (Å²) in [6, 6.07) is 19.8. The number of hydrogen-bond donors (Lipinski definition) is 0. The number of amides is 1. The van der Waals surface area contributed by atoms with Crippen LogP contribution in [0.2, 0.25) is 5.02 Å². The van der Waals surface area contributed by atoms with Gasteiger partial charge in [-0.15, -0.1) is 0 Å². The molecule has 4 rings (SSSR count). The summed E-state index contributed by atoms with van der Waals surface area (Å²) in [5.41, 5.74) is 1.99. The molecule has 3 aromatic carbocycles. The highest BCUT2D eigenvalue weighted by atomic mass is 35.5. The number of carbonyl (C=O) groups excluding carboxylic acids is 2. The number of para-hydroxylation sites is 1. The Balaban J connectivity index is 1.66. The minimum atomic E-state index is -4.03. The Hall–Kier alpha value is -3.36. The largest absolute Gasteiger partial charge is 0.444 e. The summed E-state index contributed by atoms with van der Waals surface area (Å²) < 4.78 is 33.8. The smallest absolute Gasteiger partial charge is 0.339 e. The summed E-state index contributed by atoms with van der Waals surface area (Å²) in [6.07, 6.45) is -0.593. The van der Waals surface area contributed by atoms with Gasteiger partial charge in [-0.25, -0.2) is 13.2 Å². The number of esters is 1. The molecule has 3 aromatic rings. The number of ether oxygens (including phenoxy) is 1. The Kier molecular flexibility index (Phi) is 6.63. The number of carbonyl (C=O) groups is 2. The maximum Gasteiger partial charge on any atom is 0.339 e. The second-order valence-electron chi connectivity index (χ2n) is 8.03. The molecule has 1 amide bonds. The minimum Gasteiger partial charge on any atom is -0.444 e. The van der Waals surface area contributed by atoms with Crippen LogP contribution in [0.15, 0.2) is 77.7 Å². The molecule has 1 aliphatic rings. The fourth-order valence-corrected chi connectivity index (χ4v) is 5.81. The van der Waals surface area contributed by atoms with Crippen molar-refractivity contribution in [2.24, 2.45) is 0 Å². The van der Waals surface area contributed by atoms with Crippen LogP contribution in [0.3, 0.4) is 0 Å². The predicted molar refractivity (Wildman–Crippen MR) is 129 cm³/mol. The van der Waals surface area contributed by atoms with Crippen molar-refractivity contribution in [1.29, 1.82) is 0 Å². The van der Waals surface area contributed by atoms with E-state index >= 15 is 0 Å².